The molecule has 90 valence electrons. The lowest BCUT2D eigenvalue weighted by molar-refractivity contribution is -0.0296. The summed E-state index contributed by atoms with van der Waals surface area (Å²) in [7, 11) is 0. The van der Waals surface area contributed by atoms with E-state index in [-0.39, 0.29) is 0 Å². The summed E-state index contributed by atoms with van der Waals surface area (Å²) < 4.78 is 5.28. The van der Waals surface area contributed by atoms with Gasteiger partial charge in [-0.3, -0.25) is 0 Å². The second-order valence-electron chi connectivity index (χ2n) is 4.81. The zero-order valence-electron chi connectivity index (χ0n) is 10.7. The molecule has 1 atom stereocenters. The van der Waals surface area contributed by atoms with Gasteiger partial charge in [-0.1, -0.05) is 29.3 Å². The summed E-state index contributed by atoms with van der Waals surface area (Å²) in [5, 5.41) is 10.2. The SMILES string of the molecule is CCOCC(C)(O)Cc1cc(C)cc(C)c1. The standard InChI is InChI=1S/C14H22O2/c1-5-16-10-14(4,15)9-13-7-11(2)6-12(3)8-13/h6-8,15H,5,9-10H2,1-4H3. The van der Waals surface area contributed by atoms with Crippen LogP contribution in [-0.2, 0) is 11.2 Å². The molecule has 0 fully saturated rings. The second-order valence-corrected chi connectivity index (χ2v) is 4.81. The first-order chi connectivity index (χ1) is 7.43. The summed E-state index contributed by atoms with van der Waals surface area (Å²) in [4.78, 5) is 0. The molecule has 2 heteroatoms. The molecule has 16 heavy (non-hydrogen) atoms. The number of ether oxygens (including phenoxy) is 1. The topological polar surface area (TPSA) is 29.5 Å². The van der Waals surface area contributed by atoms with Crippen LogP contribution in [-0.4, -0.2) is 23.9 Å². The smallest absolute Gasteiger partial charge is 0.0892 e. The van der Waals surface area contributed by atoms with Crippen LogP contribution in [0.25, 0.3) is 0 Å². The maximum atomic E-state index is 10.2. The third-order valence-electron chi connectivity index (χ3n) is 2.48. The molecule has 0 aliphatic rings. The zero-order chi connectivity index (χ0) is 12.2. The summed E-state index contributed by atoms with van der Waals surface area (Å²) in [5.41, 5.74) is 2.86. The Labute approximate surface area is 98.3 Å². The zero-order valence-corrected chi connectivity index (χ0v) is 10.7. The van der Waals surface area contributed by atoms with Crippen molar-refractivity contribution in [2.45, 2.75) is 39.7 Å². The maximum Gasteiger partial charge on any atom is 0.0892 e. The highest BCUT2D eigenvalue weighted by Gasteiger charge is 2.21. The monoisotopic (exact) mass is 222 g/mol. The van der Waals surface area contributed by atoms with E-state index in [1.54, 1.807) is 0 Å². The van der Waals surface area contributed by atoms with Crippen molar-refractivity contribution in [2.75, 3.05) is 13.2 Å². The van der Waals surface area contributed by atoms with Crippen LogP contribution >= 0.6 is 0 Å². The lowest BCUT2D eigenvalue weighted by Crippen LogP contribution is -2.33. The van der Waals surface area contributed by atoms with Crippen molar-refractivity contribution in [3.63, 3.8) is 0 Å². The van der Waals surface area contributed by atoms with Crippen molar-refractivity contribution >= 4 is 0 Å². The van der Waals surface area contributed by atoms with E-state index in [0.717, 1.165) is 0 Å². The molecule has 2 nitrogen and oxygen atoms in total. The number of aliphatic hydroxyl groups is 1. The quantitative estimate of drug-likeness (QED) is 0.830. The number of hydrogen-bond acceptors (Lipinski definition) is 2. The largest absolute Gasteiger partial charge is 0.387 e. The lowest BCUT2D eigenvalue weighted by Gasteiger charge is -2.23. The van der Waals surface area contributed by atoms with Gasteiger partial charge in [-0.05, 0) is 33.3 Å². The number of benzene rings is 1. The fraction of sp³-hybridized carbons (Fsp3) is 0.571. The molecule has 1 aromatic rings. The lowest BCUT2D eigenvalue weighted by atomic mass is 9.95. The molecule has 0 heterocycles. The fourth-order valence-electron chi connectivity index (χ4n) is 1.98. The van der Waals surface area contributed by atoms with E-state index in [9.17, 15) is 5.11 Å². The summed E-state index contributed by atoms with van der Waals surface area (Å²) in [6.07, 6.45) is 0.634. The van der Waals surface area contributed by atoms with Crippen LogP contribution in [0.1, 0.15) is 30.5 Å². The Bertz CT molecular complexity index is 322. The van der Waals surface area contributed by atoms with Crippen LogP contribution in [0.4, 0.5) is 0 Å². The van der Waals surface area contributed by atoms with Gasteiger partial charge in [-0.25, -0.2) is 0 Å². The highest BCUT2D eigenvalue weighted by atomic mass is 16.5. The highest BCUT2D eigenvalue weighted by Crippen LogP contribution is 2.16. The Kier molecular flexibility index (Phi) is 4.51. The Morgan fingerprint density at radius 1 is 1.19 bits per heavy atom. The molecule has 0 bridgehead atoms. The van der Waals surface area contributed by atoms with Gasteiger partial charge < -0.3 is 9.84 Å². The van der Waals surface area contributed by atoms with Crippen LogP contribution in [0.2, 0.25) is 0 Å². The Hall–Kier alpha value is -0.860. The first-order valence-electron chi connectivity index (χ1n) is 5.80. The van der Waals surface area contributed by atoms with Gasteiger partial charge >= 0.3 is 0 Å². The summed E-state index contributed by atoms with van der Waals surface area (Å²) in [5.74, 6) is 0. The molecule has 0 saturated carbocycles. The number of aryl methyl sites for hydroxylation is 2. The minimum atomic E-state index is -0.782. The number of rotatable bonds is 5. The minimum Gasteiger partial charge on any atom is -0.387 e. The molecule has 0 amide bonds. The van der Waals surface area contributed by atoms with Gasteiger partial charge in [0.15, 0.2) is 0 Å². The Morgan fingerprint density at radius 3 is 2.25 bits per heavy atom. The fourth-order valence-corrected chi connectivity index (χ4v) is 1.98. The average Bonchev–Trinajstić information content (AvgIpc) is 2.12. The molecule has 0 saturated heterocycles. The van der Waals surface area contributed by atoms with Crippen molar-refractivity contribution in [3.8, 4) is 0 Å². The normalized spacial score (nSPS) is 14.8. The van der Waals surface area contributed by atoms with Crippen molar-refractivity contribution in [1.29, 1.82) is 0 Å². The average molecular weight is 222 g/mol. The van der Waals surface area contributed by atoms with Crippen LogP contribution in [0.5, 0.6) is 0 Å². The van der Waals surface area contributed by atoms with E-state index in [1.807, 2.05) is 13.8 Å². The van der Waals surface area contributed by atoms with Crippen molar-refractivity contribution in [2.24, 2.45) is 0 Å². The summed E-state index contributed by atoms with van der Waals surface area (Å²) >= 11 is 0. The Balaban J connectivity index is 2.71. The predicted octanol–water partition coefficient (Wildman–Crippen LogP) is 2.63. The van der Waals surface area contributed by atoms with Gasteiger partial charge in [-0.2, -0.15) is 0 Å². The molecular weight excluding hydrogens is 200 g/mol. The van der Waals surface area contributed by atoms with Gasteiger partial charge in [0, 0.05) is 13.0 Å². The third-order valence-corrected chi connectivity index (χ3v) is 2.48. The van der Waals surface area contributed by atoms with Crippen LogP contribution in [0.3, 0.4) is 0 Å². The molecule has 0 aliphatic heterocycles. The van der Waals surface area contributed by atoms with Crippen LogP contribution in [0.15, 0.2) is 18.2 Å². The van der Waals surface area contributed by atoms with E-state index >= 15 is 0 Å². The molecule has 0 radical (unpaired) electrons. The molecule has 1 N–H and O–H groups in total. The molecule has 0 spiro atoms. The van der Waals surface area contributed by atoms with E-state index in [2.05, 4.69) is 32.0 Å². The number of hydrogen-bond donors (Lipinski definition) is 1. The van der Waals surface area contributed by atoms with E-state index in [4.69, 9.17) is 4.74 Å². The van der Waals surface area contributed by atoms with Crippen LogP contribution in [0, 0.1) is 13.8 Å². The second kappa shape index (κ2) is 5.46. The molecular formula is C14H22O2. The predicted molar refractivity (Wildman–Crippen MR) is 66.7 cm³/mol. The van der Waals surface area contributed by atoms with Gasteiger partial charge in [0.2, 0.25) is 0 Å². The summed E-state index contributed by atoms with van der Waals surface area (Å²) in [6, 6.07) is 6.38. The Morgan fingerprint density at radius 2 is 1.75 bits per heavy atom. The van der Waals surface area contributed by atoms with Crippen molar-refractivity contribution in [1.82, 2.24) is 0 Å². The molecule has 1 rings (SSSR count). The van der Waals surface area contributed by atoms with Crippen molar-refractivity contribution in [3.05, 3.63) is 34.9 Å². The van der Waals surface area contributed by atoms with Crippen molar-refractivity contribution < 1.29 is 9.84 Å². The maximum absolute atomic E-state index is 10.2. The summed E-state index contributed by atoms with van der Waals surface area (Å²) in [6.45, 7) is 8.94. The van der Waals surface area contributed by atoms with Crippen LogP contribution < -0.4 is 0 Å². The molecule has 0 aromatic heterocycles. The van der Waals surface area contributed by atoms with Gasteiger partial charge in [0.1, 0.15) is 0 Å². The minimum absolute atomic E-state index is 0.385. The van der Waals surface area contributed by atoms with Gasteiger partial charge in [0.25, 0.3) is 0 Å². The van der Waals surface area contributed by atoms with Gasteiger partial charge in [-0.15, -0.1) is 0 Å². The van der Waals surface area contributed by atoms with E-state index in [0.29, 0.717) is 19.6 Å². The first-order valence-corrected chi connectivity index (χ1v) is 5.80. The third kappa shape index (κ3) is 4.33. The first kappa shape index (κ1) is 13.2. The van der Waals surface area contributed by atoms with E-state index < -0.39 is 5.60 Å². The highest BCUT2D eigenvalue weighted by molar-refractivity contribution is 5.29. The van der Waals surface area contributed by atoms with E-state index in [1.165, 1.54) is 16.7 Å². The van der Waals surface area contributed by atoms with Gasteiger partial charge in [0.05, 0.1) is 12.2 Å². The molecule has 1 aromatic carbocycles. The molecule has 1 unspecified atom stereocenters. The molecule has 0 aliphatic carbocycles.